The molecular weight excluding hydrogens is 390 g/mol. The number of hydrogen-bond donors (Lipinski definition) is 0. The molecule has 0 saturated carbocycles. The molecule has 31 heavy (non-hydrogen) atoms. The van der Waals surface area contributed by atoms with Crippen LogP contribution in [0, 0.1) is 5.82 Å². The van der Waals surface area contributed by atoms with E-state index in [0.717, 1.165) is 49.7 Å². The van der Waals surface area contributed by atoms with Crippen LogP contribution in [-0.4, -0.2) is 16.1 Å². The third-order valence-electron chi connectivity index (χ3n) is 5.87. The third kappa shape index (κ3) is 10.3. The molecule has 4 heteroatoms. The van der Waals surface area contributed by atoms with Crippen molar-refractivity contribution in [1.82, 2.24) is 9.97 Å². The zero-order valence-electron chi connectivity index (χ0n) is 19.5. The lowest BCUT2D eigenvalue weighted by Gasteiger charge is -2.07. The van der Waals surface area contributed by atoms with Gasteiger partial charge in [-0.1, -0.05) is 70.8 Å². The van der Waals surface area contributed by atoms with E-state index in [1.54, 1.807) is 25.4 Å². The van der Waals surface area contributed by atoms with Crippen LogP contribution >= 0.6 is 0 Å². The van der Waals surface area contributed by atoms with Crippen LogP contribution in [0.3, 0.4) is 0 Å². The molecule has 0 fully saturated rings. The number of unbranched alkanes of at least 4 members (excludes halogenated alkanes) is 9. The summed E-state index contributed by atoms with van der Waals surface area (Å²) in [7, 11) is 0. The molecule has 2 nitrogen and oxygen atoms in total. The molecule has 0 saturated heterocycles. The fraction of sp³-hybridized carbons (Fsp3) is 0.630. The van der Waals surface area contributed by atoms with Crippen molar-refractivity contribution >= 4 is 0 Å². The Morgan fingerprint density at radius 1 is 0.774 bits per heavy atom. The maximum absolute atomic E-state index is 14.6. The van der Waals surface area contributed by atoms with E-state index in [9.17, 15) is 8.78 Å². The first-order valence-electron chi connectivity index (χ1n) is 12.3. The monoisotopic (exact) mass is 430 g/mol. The van der Waals surface area contributed by atoms with Gasteiger partial charge >= 0.3 is 0 Å². The fourth-order valence-corrected chi connectivity index (χ4v) is 3.91. The molecule has 1 heterocycles. The van der Waals surface area contributed by atoms with E-state index in [2.05, 4.69) is 16.9 Å². The van der Waals surface area contributed by atoms with Gasteiger partial charge < -0.3 is 0 Å². The molecule has 0 radical (unpaired) electrons. The first-order valence-corrected chi connectivity index (χ1v) is 12.3. The predicted octanol–water partition coefficient (Wildman–Crippen LogP) is 8.43. The van der Waals surface area contributed by atoms with E-state index in [1.807, 2.05) is 12.1 Å². The van der Waals surface area contributed by atoms with Crippen LogP contribution in [0.2, 0.25) is 0 Å². The third-order valence-corrected chi connectivity index (χ3v) is 5.87. The zero-order chi connectivity index (χ0) is 22.3. The number of benzene rings is 1. The van der Waals surface area contributed by atoms with E-state index in [4.69, 9.17) is 0 Å². The Morgan fingerprint density at radius 2 is 1.35 bits per heavy atom. The summed E-state index contributed by atoms with van der Waals surface area (Å²) >= 11 is 0. The highest BCUT2D eigenvalue weighted by Crippen LogP contribution is 2.22. The minimum Gasteiger partial charge on any atom is -0.248 e. The van der Waals surface area contributed by atoms with Gasteiger partial charge in [0, 0.05) is 12.4 Å². The number of rotatable bonds is 16. The average molecular weight is 431 g/mol. The van der Waals surface area contributed by atoms with Crippen molar-refractivity contribution in [2.75, 3.05) is 0 Å². The lowest BCUT2D eigenvalue weighted by Crippen LogP contribution is -1.97. The second kappa shape index (κ2) is 15.0. The molecule has 1 aromatic heterocycles. The molecule has 2 aromatic rings. The largest absolute Gasteiger partial charge is 0.248 e. The Labute approximate surface area is 187 Å². The lowest BCUT2D eigenvalue weighted by molar-refractivity contribution is 0.330. The molecular formula is C27H40F2N2. The number of halogens is 2. The minimum absolute atomic E-state index is 0.245. The molecule has 0 amide bonds. The molecule has 0 spiro atoms. The summed E-state index contributed by atoms with van der Waals surface area (Å²) in [6, 6.07) is 5.45. The molecule has 172 valence electrons. The standard InChI is InChI=1S/C27H40F2N2/c1-3-4-5-6-7-8-9-12-15-23-17-18-25(26(29)19-23)27-30-20-24(21-31-27)16-13-10-11-14-22(2)28/h17-22H,3-16H2,1-2H3. The summed E-state index contributed by atoms with van der Waals surface area (Å²) in [6.07, 6.45) is 18.4. The molecule has 2 rings (SSSR count). The van der Waals surface area contributed by atoms with Crippen molar-refractivity contribution in [2.45, 2.75) is 110 Å². The van der Waals surface area contributed by atoms with Crippen LogP contribution in [0.4, 0.5) is 8.78 Å². The maximum Gasteiger partial charge on any atom is 0.162 e. The summed E-state index contributed by atoms with van der Waals surface area (Å²) in [5.74, 6) is 0.191. The summed E-state index contributed by atoms with van der Waals surface area (Å²) in [5.41, 5.74) is 2.55. The highest BCUT2D eigenvalue weighted by molar-refractivity contribution is 5.56. The van der Waals surface area contributed by atoms with Gasteiger partial charge in [-0.05, 0) is 62.3 Å². The normalized spacial score (nSPS) is 12.3. The molecule has 0 aliphatic heterocycles. The van der Waals surface area contributed by atoms with Gasteiger partial charge in [-0.3, -0.25) is 0 Å². The van der Waals surface area contributed by atoms with E-state index in [1.165, 1.54) is 44.9 Å². The van der Waals surface area contributed by atoms with Crippen LogP contribution in [0.1, 0.15) is 102 Å². The summed E-state index contributed by atoms with van der Waals surface area (Å²) in [6.45, 7) is 3.85. The Hall–Kier alpha value is -1.84. The van der Waals surface area contributed by atoms with E-state index in [0.29, 0.717) is 17.8 Å². The second-order valence-corrected chi connectivity index (χ2v) is 8.83. The molecule has 0 bridgehead atoms. The SMILES string of the molecule is CCCCCCCCCCc1ccc(-c2ncc(CCCCCC(C)F)cn2)c(F)c1. The second-order valence-electron chi connectivity index (χ2n) is 8.83. The molecule has 1 unspecified atom stereocenters. The molecule has 1 atom stereocenters. The minimum atomic E-state index is -0.718. The highest BCUT2D eigenvalue weighted by Gasteiger charge is 2.09. The van der Waals surface area contributed by atoms with Gasteiger partial charge in [0.15, 0.2) is 5.82 Å². The van der Waals surface area contributed by atoms with Gasteiger partial charge in [0.25, 0.3) is 0 Å². The van der Waals surface area contributed by atoms with Gasteiger partial charge in [-0.25, -0.2) is 18.7 Å². The van der Waals surface area contributed by atoms with E-state index < -0.39 is 6.17 Å². The van der Waals surface area contributed by atoms with Gasteiger partial charge in [0.1, 0.15) is 5.82 Å². The Kier molecular flexibility index (Phi) is 12.3. The van der Waals surface area contributed by atoms with Crippen LogP contribution in [0.5, 0.6) is 0 Å². The van der Waals surface area contributed by atoms with Crippen molar-refractivity contribution in [3.63, 3.8) is 0 Å². The van der Waals surface area contributed by atoms with Gasteiger partial charge in [0.2, 0.25) is 0 Å². The van der Waals surface area contributed by atoms with E-state index >= 15 is 0 Å². The summed E-state index contributed by atoms with van der Waals surface area (Å²) < 4.78 is 27.4. The van der Waals surface area contributed by atoms with Crippen molar-refractivity contribution in [3.8, 4) is 11.4 Å². The predicted molar refractivity (Wildman–Crippen MR) is 126 cm³/mol. The molecule has 0 aliphatic rings. The lowest BCUT2D eigenvalue weighted by atomic mass is 10.0. The quantitative estimate of drug-likeness (QED) is 0.250. The van der Waals surface area contributed by atoms with Crippen LogP contribution in [0.25, 0.3) is 11.4 Å². The van der Waals surface area contributed by atoms with E-state index in [-0.39, 0.29) is 5.82 Å². The Morgan fingerprint density at radius 3 is 1.97 bits per heavy atom. The highest BCUT2D eigenvalue weighted by atomic mass is 19.1. The number of hydrogen-bond acceptors (Lipinski definition) is 2. The van der Waals surface area contributed by atoms with Crippen LogP contribution in [-0.2, 0) is 12.8 Å². The maximum atomic E-state index is 14.6. The number of aryl methyl sites for hydroxylation is 2. The van der Waals surface area contributed by atoms with Gasteiger partial charge in [-0.15, -0.1) is 0 Å². The number of alkyl halides is 1. The number of aromatic nitrogens is 2. The Bertz CT molecular complexity index is 729. The smallest absolute Gasteiger partial charge is 0.162 e. The number of nitrogens with zero attached hydrogens (tertiary/aromatic N) is 2. The summed E-state index contributed by atoms with van der Waals surface area (Å²) in [5, 5.41) is 0. The summed E-state index contributed by atoms with van der Waals surface area (Å²) in [4.78, 5) is 8.75. The van der Waals surface area contributed by atoms with Crippen LogP contribution < -0.4 is 0 Å². The Balaban J connectivity index is 1.74. The topological polar surface area (TPSA) is 25.8 Å². The van der Waals surface area contributed by atoms with Crippen molar-refractivity contribution < 1.29 is 8.78 Å². The van der Waals surface area contributed by atoms with Crippen molar-refractivity contribution in [2.24, 2.45) is 0 Å². The van der Waals surface area contributed by atoms with Crippen molar-refractivity contribution in [1.29, 1.82) is 0 Å². The van der Waals surface area contributed by atoms with Crippen LogP contribution in [0.15, 0.2) is 30.6 Å². The molecule has 1 aromatic carbocycles. The zero-order valence-corrected chi connectivity index (χ0v) is 19.5. The fourth-order valence-electron chi connectivity index (χ4n) is 3.91. The molecule has 0 aliphatic carbocycles. The first-order chi connectivity index (χ1) is 15.1. The van der Waals surface area contributed by atoms with Gasteiger partial charge in [0.05, 0.1) is 11.7 Å². The molecule has 0 N–H and O–H groups in total. The average Bonchev–Trinajstić information content (AvgIpc) is 2.76. The van der Waals surface area contributed by atoms with Crippen molar-refractivity contribution in [3.05, 3.63) is 47.5 Å². The first kappa shape index (κ1) is 25.4. The van der Waals surface area contributed by atoms with Gasteiger partial charge in [-0.2, -0.15) is 0 Å².